The van der Waals surface area contributed by atoms with Crippen molar-refractivity contribution in [2.75, 3.05) is 13.2 Å². The maximum absolute atomic E-state index is 8.59. The molecule has 1 rings (SSSR count). The molecule has 1 fully saturated rings. The van der Waals surface area contributed by atoms with Crippen LogP contribution in [0.2, 0.25) is 0 Å². The quantitative estimate of drug-likeness (QED) is 0.530. The third-order valence-electron chi connectivity index (χ3n) is 1.65. The van der Waals surface area contributed by atoms with E-state index in [1.165, 1.54) is 0 Å². The maximum Gasteiger partial charge on any atom is 0.0749 e. The van der Waals surface area contributed by atoms with Gasteiger partial charge in [0.2, 0.25) is 0 Å². The zero-order valence-corrected chi connectivity index (χ0v) is 5.42. The molecule has 9 heavy (non-hydrogen) atoms. The standard InChI is InChI=1S/C6H13NO2/c7-5(4-8)6-2-1-3-9-6/h5-6,8H,1-4,7H2/t5-,6+/m0/s1. The van der Waals surface area contributed by atoms with Crippen molar-refractivity contribution in [1.29, 1.82) is 0 Å². The first-order valence-corrected chi connectivity index (χ1v) is 3.32. The summed E-state index contributed by atoms with van der Waals surface area (Å²) in [7, 11) is 0. The Balaban J connectivity index is 2.24. The van der Waals surface area contributed by atoms with E-state index in [0.717, 1.165) is 19.4 Å². The smallest absolute Gasteiger partial charge is 0.0749 e. The van der Waals surface area contributed by atoms with Gasteiger partial charge in [-0.3, -0.25) is 0 Å². The Labute approximate surface area is 54.8 Å². The van der Waals surface area contributed by atoms with Crippen LogP contribution in [0.4, 0.5) is 0 Å². The first-order valence-electron chi connectivity index (χ1n) is 3.32. The van der Waals surface area contributed by atoms with E-state index in [1.54, 1.807) is 0 Å². The average molecular weight is 131 g/mol. The number of rotatable bonds is 2. The van der Waals surface area contributed by atoms with E-state index in [1.807, 2.05) is 0 Å². The molecule has 1 saturated heterocycles. The summed E-state index contributed by atoms with van der Waals surface area (Å²) in [6.07, 6.45) is 2.19. The summed E-state index contributed by atoms with van der Waals surface area (Å²) >= 11 is 0. The van der Waals surface area contributed by atoms with Crippen molar-refractivity contribution in [3.63, 3.8) is 0 Å². The number of hydrogen-bond donors (Lipinski definition) is 2. The number of hydrogen-bond acceptors (Lipinski definition) is 3. The Morgan fingerprint density at radius 3 is 3.00 bits per heavy atom. The van der Waals surface area contributed by atoms with E-state index >= 15 is 0 Å². The number of nitrogens with two attached hydrogens (primary N) is 1. The molecule has 0 unspecified atom stereocenters. The minimum atomic E-state index is -0.174. The van der Waals surface area contributed by atoms with Gasteiger partial charge in [-0.05, 0) is 12.8 Å². The fourth-order valence-corrected chi connectivity index (χ4v) is 1.06. The van der Waals surface area contributed by atoms with Gasteiger partial charge >= 0.3 is 0 Å². The van der Waals surface area contributed by atoms with Crippen LogP contribution in [0.3, 0.4) is 0 Å². The van der Waals surface area contributed by atoms with E-state index in [2.05, 4.69) is 0 Å². The molecule has 0 aliphatic carbocycles. The van der Waals surface area contributed by atoms with Gasteiger partial charge in [0.05, 0.1) is 18.8 Å². The van der Waals surface area contributed by atoms with E-state index < -0.39 is 0 Å². The second-order valence-corrected chi connectivity index (χ2v) is 2.40. The van der Waals surface area contributed by atoms with Crippen LogP contribution in [-0.2, 0) is 4.74 Å². The summed E-state index contributed by atoms with van der Waals surface area (Å²) in [5.74, 6) is 0. The lowest BCUT2D eigenvalue weighted by atomic mass is 10.1. The molecule has 0 bridgehead atoms. The molecule has 0 spiro atoms. The normalized spacial score (nSPS) is 30.7. The van der Waals surface area contributed by atoms with E-state index in [4.69, 9.17) is 15.6 Å². The van der Waals surface area contributed by atoms with Gasteiger partial charge in [0.1, 0.15) is 0 Å². The lowest BCUT2D eigenvalue weighted by molar-refractivity contribution is 0.0693. The molecule has 3 heteroatoms. The van der Waals surface area contributed by atoms with E-state index in [-0.39, 0.29) is 18.8 Å². The van der Waals surface area contributed by atoms with E-state index in [0.29, 0.717) is 0 Å². The fourth-order valence-electron chi connectivity index (χ4n) is 1.06. The van der Waals surface area contributed by atoms with Crippen molar-refractivity contribution < 1.29 is 9.84 Å². The first kappa shape index (κ1) is 6.99. The van der Waals surface area contributed by atoms with Gasteiger partial charge < -0.3 is 15.6 Å². The molecule has 3 N–H and O–H groups in total. The summed E-state index contributed by atoms with van der Waals surface area (Å²) < 4.78 is 5.22. The third kappa shape index (κ3) is 1.64. The Bertz CT molecular complexity index is 81.1. The van der Waals surface area contributed by atoms with Gasteiger partial charge in [-0.1, -0.05) is 0 Å². The molecule has 1 aliphatic rings. The Morgan fingerprint density at radius 2 is 2.56 bits per heavy atom. The highest BCUT2D eigenvalue weighted by Crippen LogP contribution is 2.13. The van der Waals surface area contributed by atoms with Crippen LogP contribution in [0.1, 0.15) is 12.8 Å². The zero-order valence-electron chi connectivity index (χ0n) is 5.42. The zero-order chi connectivity index (χ0) is 6.69. The largest absolute Gasteiger partial charge is 0.395 e. The summed E-state index contributed by atoms with van der Waals surface area (Å²) in [5.41, 5.74) is 5.50. The highest BCUT2D eigenvalue weighted by molar-refractivity contribution is 4.75. The van der Waals surface area contributed by atoms with Gasteiger partial charge in [0.25, 0.3) is 0 Å². The number of aliphatic hydroxyl groups is 1. The Hall–Kier alpha value is -0.120. The van der Waals surface area contributed by atoms with Crippen LogP contribution in [0, 0.1) is 0 Å². The predicted octanol–water partition coefficient (Wildman–Crippen LogP) is -0.515. The Morgan fingerprint density at radius 1 is 1.78 bits per heavy atom. The number of ether oxygens (including phenoxy) is 1. The molecule has 1 aliphatic heterocycles. The molecule has 2 atom stereocenters. The second-order valence-electron chi connectivity index (χ2n) is 2.40. The lowest BCUT2D eigenvalue weighted by Gasteiger charge is -2.14. The molecule has 3 nitrogen and oxygen atoms in total. The van der Waals surface area contributed by atoms with Crippen molar-refractivity contribution in [1.82, 2.24) is 0 Å². The van der Waals surface area contributed by atoms with Gasteiger partial charge in [0, 0.05) is 6.61 Å². The first-order chi connectivity index (χ1) is 4.34. The van der Waals surface area contributed by atoms with Crippen LogP contribution in [0.25, 0.3) is 0 Å². The third-order valence-corrected chi connectivity index (χ3v) is 1.65. The van der Waals surface area contributed by atoms with Gasteiger partial charge in [-0.15, -0.1) is 0 Å². The molecule has 1 heterocycles. The molecule has 0 saturated carbocycles. The predicted molar refractivity (Wildman–Crippen MR) is 34.0 cm³/mol. The molecule has 54 valence electrons. The maximum atomic E-state index is 8.59. The highest BCUT2D eigenvalue weighted by atomic mass is 16.5. The minimum absolute atomic E-state index is 0.0324. The topological polar surface area (TPSA) is 55.5 Å². The molecule has 0 aromatic heterocycles. The molecule has 0 radical (unpaired) electrons. The lowest BCUT2D eigenvalue weighted by Crippen LogP contribution is -2.37. The van der Waals surface area contributed by atoms with Crippen LogP contribution in [-0.4, -0.2) is 30.5 Å². The number of aliphatic hydroxyl groups excluding tert-OH is 1. The average Bonchev–Trinajstić information content (AvgIpc) is 2.37. The summed E-state index contributed by atoms with van der Waals surface area (Å²) in [5, 5.41) is 8.59. The van der Waals surface area contributed by atoms with Crippen molar-refractivity contribution in [3.8, 4) is 0 Å². The SMILES string of the molecule is N[C@@H](CO)[C@H]1CCCO1. The van der Waals surface area contributed by atoms with Crippen LogP contribution in [0.15, 0.2) is 0 Å². The van der Waals surface area contributed by atoms with E-state index in [9.17, 15) is 0 Å². The summed E-state index contributed by atoms with van der Waals surface area (Å²) in [6, 6.07) is -0.174. The molecular formula is C6H13NO2. The van der Waals surface area contributed by atoms with Crippen LogP contribution < -0.4 is 5.73 Å². The summed E-state index contributed by atoms with van der Waals surface area (Å²) in [6.45, 7) is 0.836. The van der Waals surface area contributed by atoms with Crippen molar-refractivity contribution >= 4 is 0 Å². The molecule has 0 aromatic rings. The van der Waals surface area contributed by atoms with Crippen LogP contribution in [0.5, 0.6) is 0 Å². The second kappa shape index (κ2) is 3.15. The minimum Gasteiger partial charge on any atom is -0.395 e. The van der Waals surface area contributed by atoms with Gasteiger partial charge in [-0.25, -0.2) is 0 Å². The van der Waals surface area contributed by atoms with Crippen molar-refractivity contribution in [2.45, 2.75) is 25.0 Å². The molecule has 0 amide bonds. The fraction of sp³-hybridized carbons (Fsp3) is 1.00. The molecule has 0 aromatic carbocycles. The summed E-state index contributed by atoms with van der Waals surface area (Å²) in [4.78, 5) is 0. The monoisotopic (exact) mass is 131 g/mol. The van der Waals surface area contributed by atoms with Crippen molar-refractivity contribution in [2.24, 2.45) is 5.73 Å². The molecular weight excluding hydrogens is 118 g/mol. The van der Waals surface area contributed by atoms with Gasteiger partial charge in [0.15, 0.2) is 0 Å². The van der Waals surface area contributed by atoms with Crippen molar-refractivity contribution in [3.05, 3.63) is 0 Å². The highest BCUT2D eigenvalue weighted by Gasteiger charge is 2.21. The Kier molecular flexibility index (Phi) is 2.45. The van der Waals surface area contributed by atoms with Crippen LogP contribution >= 0.6 is 0 Å². The van der Waals surface area contributed by atoms with Gasteiger partial charge in [-0.2, -0.15) is 0 Å².